The van der Waals surface area contributed by atoms with Crippen LogP contribution in [0.5, 0.6) is 0 Å². The molecular weight excluding hydrogens is 582 g/mol. The Morgan fingerprint density at radius 1 is 0.860 bits per heavy atom. The Morgan fingerprint density at radius 3 is 2.21 bits per heavy atom. The number of carbonyl (C=O) groups is 2. The highest BCUT2D eigenvalue weighted by atomic mass is 35.5. The van der Waals surface area contributed by atoms with Crippen molar-refractivity contribution >= 4 is 49.9 Å². The minimum atomic E-state index is -3.87. The van der Waals surface area contributed by atoms with E-state index >= 15 is 0 Å². The first-order valence-corrected chi connectivity index (χ1v) is 16.8. The molecule has 2 amide bonds. The van der Waals surface area contributed by atoms with Crippen molar-refractivity contribution in [1.29, 1.82) is 0 Å². The highest BCUT2D eigenvalue weighted by Gasteiger charge is 2.34. The summed E-state index contributed by atoms with van der Waals surface area (Å²) >= 11 is 6.14. The quantitative estimate of drug-likeness (QED) is 0.225. The van der Waals surface area contributed by atoms with Gasteiger partial charge in [-0.05, 0) is 47.6 Å². The van der Waals surface area contributed by atoms with Crippen molar-refractivity contribution in [2.24, 2.45) is 0 Å². The van der Waals surface area contributed by atoms with Crippen LogP contribution in [0.1, 0.15) is 36.8 Å². The van der Waals surface area contributed by atoms with Crippen molar-refractivity contribution in [1.82, 2.24) is 10.2 Å². The van der Waals surface area contributed by atoms with E-state index in [0.29, 0.717) is 16.1 Å². The minimum Gasteiger partial charge on any atom is -0.352 e. The highest BCUT2D eigenvalue weighted by molar-refractivity contribution is 7.92. The average molecular weight is 618 g/mol. The van der Waals surface area contributed by atoms with Crippen molar-refractivity contribution in [3.8, 4) is 0 Å². The van der Waals surface area contributed by atoms with Gasteiger partial charge in [-0.15, -0.1) is 0 Å². The lowest BCUT2D eigenvalue weighted by molar-refractivity contribution is -0.140. The number of hydrogen-bond donors (Lipinski definition) is 1. The van der Waals surface area contributed by atoms with Gasteiger partial charge in [0.05, 0.1) is 11.9 Å². The van der Waals surface area contributed by atoms with Crippen molar-refractivity contribution in [3.05, 3.63) is 113 Å². The van der Waals surface area contributed by atoms with Gasteiger partial charge in [0.1, 0.15) is 12.6 Å². The molecule has 0 saturated heterocycles. The van der Waals surface area contributed by atoms with E-state index in [1.165, 1.54) is 4.90 Å². The summed E-state index contributed by atoms with van der Waals surface area (Å²) in [4.78, 5) is 29.8. The summed E-state index contributed by atoms with van der Waals surface area (Å²) in [6.45, 7) is -0.346. The summed E-state index contributed by atoms with van der Waals surface area (Å²) in [6.07, 6.45) is 5.29. The average Bonchev–Trinajstić information content (AvgIpc) is 3.51. The normalized spacial score (nSPS) is 14.4. The molecule has 1 saturated carbocycles. The molecule has 1 fully saturated rings. The van der Waals surface area contributed by atoms with Gasteiger partial charge < -0.3 is 10.2 Å². The smallest absolute Gasteiger partial charge is 0.244 e. The van der Waals surface area contributed by atoms with Crippen LogP contribution in [-0.2, 0) is 32.6 Å². The van der Waals surface area contributed by atoms with Crippen LogP contribution >= 0.6 is 11.6 Å². The zero-order chi connectivity index (χ0) is 30.4. The zero-order valence-corrected chi connectivity index (χ0v) is 25.7. The highest BCUT2D eigenvalue weighted by Crippen LogP contribution is 2.29. The number of fused-ring (bicyclic) bond motifs is 1. The number of nitrogens with zero attached hydrogens (tertiary/aromatic N) is 2. The fraction of sp³-hybridized carbons (Fsp3) is 0.294. The molecule has 1 N–H and O–H groups in total. The van der Waals surface area contributed by atoms with Crippen LogP contribution in [0.2, 0.25) is 5.02 Å². The molecule has 1 aliphatic carbocycles. The lowest BCUT2D eigenvalue weighted by Gasteiger charge is -2.34. The third kappa shape index (κ3) is 7.75. The largest absolute Gasteiger partial charge is 0.352 e. The molecule has 5 rings (SSSR count). The molecule has 0 bridgehead atoms. The molecule has 0 aliphatic heterocycles. The second kappa shape index (κ2) is 13.6. The number of halogens is 1. The van der Waals surface area contributed by atoms with Crippen LogP contribution in [0, 0.1) is 0 Å². The molecule has 9 heteroatoms. The predicted molar refractivity (Wildman–Crippen MR) is 172 cm³/mol. The molecule has 4 aromatic rings. The van der Waals surface area contributed by atoms with Crippen LogP contribution < -0.4 is 9.62 Å². The van der Waals surface area contributed by atoms with E-state index in [0.717, 1.165) is 52.8 Å². The first kappa shape index (κ1) is 30.6. The van der Waals surface area contributed by atoms with Crippen molar-refractivity contribution in [2.75, 3.05) is 17.1 Å². The summed E-state index contributed by atoms with van der Waals surface area (Å²) in [7, 11) is -3.87. The third-order valence-corrected chi connectivity index (χ3v) is 9.33. The van der Waals surface area contributed by atoms with E-state index in [1.54, 1.807) is 24.3 Å². The first-order chi connectivity index (χ1) is 20.7. The Hall–Kier alpha value is -3.88. The topological polar surface area (TPSA) is 86.8 Å². The van der Waals surface area contributed by atoms with Crippen molar-refractivity contribution in [2.45, 2.75) is 50.7 Å². The Bertz CT molecular complexity index is 1670. The molecule has 1 atom stereocenters. The van der Waals surface area contributed by atoms with E-state index in [1.807, 2.05) is 72.8 Å². The maximum Gasteiger partial charge on any atom is 0.244 e. The van der Waals surface area contributed by atoms with Gasteiger partial charge in [0, 0.05) is 29.4 Å². The molecule has 7 nitrogen and oxygen atoms in total. The van der Waals surface area contributed by atoms with E-state index in [4.69, 9.17) is 11.6 Å². The van der Waals surface area contributed by atoms with Crippen LogP contribution in [-0.4, -0.2) is 50.0 Å². The van der Waals surface area contributed by atoms with E-state index in [9.17, 15) is 18.0 Å². The van der Waals surface area contributed by atoms with Crippen LogP contribution in [0.4, 0.5) is 5.69 Å². The maximum absolute atomic E-state index is 14.4. The molecular formula is C34H36ClN3O4S. The first-order valence-electron chi connectivity index (χ1n) is 14.5. The second-order valence-electron chi connectivity index (χ2n) is 11.1. The maximum atomic E-state index is 14.4. The van der Waals surface area contributed by atoms with Crippen LogP contribution in [0.25, 0.3) is 10.8 Å². The minimum absolute atomic E-state index is 0.0569. The van der Waals surface area contributed by atoms with Gasteiger partial charge in [-0.1, -0.05) is 103 Å². The SMILES string of the molecule is CS(=O)(=O)N(CC(=O)N(Cc1ccc(Cl)cc1)[C@@H](Cc1ccccc1)C(=O)NC1CCCC1)c1cccc2ccccc12. The number of amides is 2. The molecule has 4 aromatic carbocycles. The van der Waals surface area contributed by atoms with Gasteiger partial charge in [-0.3, -0.25) is 13.9 Å². The number of nitrogens with one attached hydrogen (secondary N) is 1. The van der Waals surface area contributed by atoms with Crippen molar-refractivity contribution in [3.63, 3.8) is 0 Å². The number of rotatable bonds is 11. The standard InChI is InChI=1S/C34H36ClN3O4S/c1-43(41,42)38(31-17-9-13-27-12-5-8-16-30(27)31)24-33(39)37(23-26-18-20-28(35)21-19-26)32(22-25-10-3-2-4-11-25)34(40)36-29-14-6-7-15-29/h2-5,8-13,16-21,29,32H,6-7,14-15,22-24H2,1H3,(H,36,40)/t32-/m0/s1. The second-order valence-corrected chi connectivity index (χ2v) is 13.5. The van der Waals surface area contributed by atoms with E-state index in [2.05, 4.69) is 5.32 Å². The molecule has 43 heavy (non-hydrogen) atoms. The van der Waals surface area contributed by atoms with Crippen molar-refractivity contribution < 1.29 is 18.0 Å². The summed E-state index contributed by atoms with van der Waals surface area (Å²) in [5, 5.41) is 5.31. The summed E-state index contributed by atoms with van der Waals surface area (Å²) in [6, 6.07) is 28.7. The number of anilines is 1. The molecule has 0 aromatic heterocycles. The summed E-state index contributed by atoms with van der Waals surface area (Å²) in [5.41, 5.74) is 2.09. The Kier molecular flexibility index (Phi) is 9.68. The molecule has 0 spiro atoms. The molecule has 1 aliphatic rings. The van der Waals surface area contributed by atoms with Gasteiger partial charge in [0.25, 0.3) is 0 Å². The number of carbonyl (C=O) groups excluding carboxylic acids is 2. The van der Waals surface area contributed by atoms with Crippen LogP contribution in [0.3, 0.4) is 0 Å². The van der Waals surface area contributed by atoms with Gasteiger partial charge in [0.15, 0.2) is 0 Å². The Balaban J connectivity index is 1.54. The molecule has 0 heterocycles. The fourth-order valence-electron chi connectivity index (χ4n) is 5.73. The number of hydrogen-bond acceptors (Lipinski definition) is 4. The molecule has 0 radical (unpaired) electrons. The lowest BCUT2D eigenvalue weighted by Crippen LogP contribution is -2.54. The molecule has 224 valence electrons. The van der Waals surface area contributed by atoms with Gasteiger partial charge in [-0.25, -0.2) is 8.42 Å². The van der Waals surface area contributed by atoms with Gasteiger partial charge >= 0.3 is 0 Å². The Morgan fingerprint density at radius 2 is 1.51 bits per heavy atom. The van der Waals surface area contributed by atoms with Gasteiger partial charge in [0.2, 0.25) is 21.8 Å². The third-order valence-electron chi connectivity index (χ3n) is 7.95. The van der Waals surface area contributed by atoms with E-state index in [-0.39, 0.29) is 24.9 Å². The fourth-order valence-corrected chi connectivity index (χ4v) is 6.72. The zero-order valence-electron chi connectivity index (χ0n) is 24.2. The van der Waals surface area contributed by atoms with Gasteiger partial charge in [-0.2, -0.15) is 0 Å². The van der Waals surface area contributed by atoms with Crippen LogP contribution in [0.15, 0.2) is 97.1 Å². The number of sulfonamides is 1. The lowest BCUT2D eigenvalue weighted by atomic mass is 10.0. The molecule has 0 unspecified atom stereocenters. The summed E-state index contributed by atoms with van der Waals surface area (Å²) < 4.78 is 27.6. The van der Waals surface area contributed by atoms with E-state index < -0.39 is 28.5 Å². The summed E-state index contributed by atoms with van der Waals surface area (Å²) in [5.74, 6) is -0.718. The monoisotopic (exact) mass is 617 g/mol. The number of benzene rings is 4. The predicted octanol–water partition coefficient (Wildman–Crippen LogP) is 5.96. The Labute approximate surface area is 258 Å².